The Balaban J connectivity index is 1.79. The maximum absolute atomic E-state index is 13.7. The molecule has 0 aliphatic carbocycles. The maximum Gasteiger partial charge on any atom is 0.243 e. The van der Waals surface area contributed by atoms with Crippen molar-refractivity contribution in [3.63, 3.8) is 0 Å². The summed E-state index contributed by atoms with van der Waals surface area (Å²) in [5.41, 5.74) is 0.771. The zero-order valence-corrected chi connectivity index (χ0v) is 16.2. The van der Waals surface area contributed by atoms with Gasteiger partial charge in [-0.2, -0.15) is 0 Å². The number of imidazole rings is 1. The largest absolute Gasteiger partial charge is 0.353 e. The summed E-state index contributed by atoms with van der Waals surface area (Å²) in [5.74, 6) is -2.01. The standard InChI is InChI=1S/C20H28F2N4O/c1-4-25-8-6-5-7-14(25)11-23-20(27)19(13(2)3)26-12-24-17-9-15(21)16(22)10-18(17)26/h9-10,12-14,19H,4-8,11H2,1-3H3,(H,23,27). The van der Waals surface area contributed by atoms with Gasteiger partial charge in [0.15, 0.2) is 11.6 Å². The number of halogens is 2. The number of carbonyl (C=O) groups is 1. The highest BCUT2D eigenvalue weighted by Gasteiger charge is 2.28. The lowest BCUT2D eigenvalue weighted by Crippen LogP contribution is -2.48. The van der Waals surface area contributed by atoms with Gasteiger partial charge in [-0.1, -0.05) is 27.2 Å². The first-order valence-electron chi connectivity index (χ1n) is 9.75. The molecule has 1 saturated heterocycles. The molecule has 148 valence electrons. The predicted molar refractivity (Wildman–Crippen MR) is 101 cm³/mol. The van der Waals surface area contributed by atoms with Crippen LogP contribution in [0.4, 0.5) is 8.78 Å². The number of rotatable bonds is 6. The molecule has 2 unspecified atom stereocenters. The van der Waals surface area contributed by atoms with Gasteiger partial charge in [0.05, 0.1) is 17.4 Å². The van der Waals surface area contributed by atoms with E-state index >= 15 is 0 Å². The maximum atomic E-state index is 13.7. The Hall–Kier alpha value is -2.02. The molecule has 1 fully saturated rings. The van der Waals surface area contributed by atoms with Crippen LogP contribution in [0.2, 0.25) is 0 Å². The van der Waals surface area contributed by atoms with Crippen molar-refractivity contribution in [3.8, 4) is 0 Å². The number of aromatic nitrogens is 2. The van der Waals surface area contributed by atoms with Crippen LogP contribution in [-0.2, 0) is 4.79 Å². The zero-order chi connectivity index (χ0) is 19.6. The van der Waals surface area contributed by atoms with Crippen LogP contribution in [0.25, 0.3) is 11.0 Å². The van der Waals surface area contributed by atoms with E-state index in [0.717, 1.165) is 31.6 Å². The highest BCUT2D eigenvalue weighted by molar-refractivity contribution is 5.84. The Morgan fingerprint density at radius 2 is 2.04 bits per heavy atom. The fourth-order valence-electron chi connectivity index (χ4n) is 4.03. The lowest BCUT2D eigenvalue weighted by atomic mass is 10.0. The minimum Gasteiger partial charge on any atom is -0.353 e. The van der Waals surface area contributed by atoms with E-state index in [0.29, 0.717) is 23.6 Å². The number of nitrogens with zero attached hydrogens (tertiary/aromatic N) is 3. The Labute approximate surface area is 158 Å². The summed E-state index contributed by atoms with van der Waals surface area (Å²) in [5, 5.41) is 3.08. The molecule has 27 heavy (non-hydrogen) atoms. The molecule has 2 heterocycles. The second-order valence-corrected chi connectivity index (χ2v) is 7.62. The average molecular weight is 378 g/mol. The van der Waals surface area contributed by atoms with Gasteiger partial charge in [-0.05, 0) is 31.8 Å². The summed E-state index contributed by atoms with van der Waals surface area (Å²) >= 11 is 0. The van der Waals surface area contributed by atoms with Crippen LogP contribution in [-0.4, -0.2) is 46.0 Å². The van der Waals surface area contributed by atoms with Crippen molar-refractivity contribution in [3.05, 3.63) is 30.1 Å². The number of hydrogen-bond acceptors (Lipinski definition) is 3. The number of piperidine rings is 1. The molecule has 1 aliphatic rings. The highest BCUT2D eigenvalue weighted by atomic mass is 19.2. The molecule has 1 aromatic carbocycles. The van der Waals surface area contributed by atoms with Gasteiger partial charge in [-0.15, -0.1) is 0 Å². The second-order valence-electron chi connectivity index (χ2n) is 7.62. The average Bonchev–Trinajstić information content (AvgIpc) is 3.02. The summed E-state index contributed by atoms with van der Waals surface area (Å²) in [6, 6.07) is 2.00. The third-order valence-corrected chi connectivity index (χ3v) is 5.48. The van der Waals surface area contributed by atoms with E-state index < -0.39 is 17.7 Å². The molecule has 0 saturated carbocycles. The Morgan fingerprint density at radius 1 is 1.30 bits per heavy atom. The topological polar surface area (TPSA) is 50.2 Å². The number of likely N-dealkylation sites (N-methyl/N-ethyl adjacent to an activating group) is 1. The van der Waals surface area contributed by atoms with Crippen LogP contribution in [0, 0.1) is 17.6 Å². The molecule has 5 nitrogen and oxygen atoms in total. The number of fused-ring (bicyclic) bond motifs is 1. The Bertz CT molecular complexity index is 805. The van der Waals surface area contributed by atoms with Gasteiger partial charge in [0, 0.05) is 24.7 Å². The summed E-state index contributed by atoms with van der Waals surface area (Å²) in [6.07, 6.45) is 4.96. The lowest BCUT2D eigenvalue weighted by Gasteiger charge is -2.35. The highest BCUT2D eigenvalue weighted by Crippen LogP contribution is 2.26. The van der Waals surface area contributed by atoms with Crippen molar-refractivity contribution in [2.24, 2.45) is 5.92 Å². The van der Waals surface area contributed by atoms with Crippen molar-refractivity contribution >= 4 is 16.9 Å². The third-order valence-electron chi connectivity index (χ3n) is 5.48. The van der Waals surface area contributed by atoms with Crippen LogP contribution in [0.15, 0.2) is 18.5 Å². The normalized spacial score (nSPS) is 19.6. The summed E-state index contributed by atoms with van der Waals surface area (Å²) in [4.78, 5) is 19.5. The van der Waals surface area contributed by atoms with Gasteiger partial charge in [0.1, 0.15) is 6.04 Å². The summed E-state index contributed by atoms with van der Waals surface area (Å²) in [6.45, 7) is 8.67. The Morgan fingerprint density at radius 3 is 2.74 bits per heavy atom. The van der Waals surface area contributed by atoms with Gasteiger partial charge in [-0.3, -0.25) is 9.69 Å². The van der Waals surface area contributed by atoms with Crippen LogP contribution < -0.4 is 5.32 Å². The molecular formula is C20H28F2N4O. The predicted octanol–water partition coefficient (Wildman–Crippen LogP) is 3.50. The molecule has 7 heteroatoms. The van der Waals surface area contributed by atoms with E-state index in [1.165, 1.54) is 19.2 Å². The molecule has 1 aliphatic heterocycles. The molecule has 3 rings (SSSR count). The van der Waals surface area contributed by atoms with Gasteiger partial charge >= 0.3 is 0 Å². The Kier molecular flexibility index (Phi) is 6.09. The van der Waals surface area contributed by atoms with E-state index in [9.17, 15) is 13.6 Å². The van der Waals surface area contributed by atoms with E-state index in [-0.39, 0.29) is 11.8 Å². The fraction of sp³-hybridized carbons (Fsp3) is 0.600. The second kappa shape index (κ2) is 8.33. The smallest absolute Gasteiger partial charge is 0.243 e. The van der Waals surface area contributed by atoms with Crippen LogP contribution in [0.5, 0.6) is 0 Å². The zero-order valence-electron chi connectivity index (χ0n) is 16.2. The fourth-order valence-corrected chi connectivity index (χ4v) is 4.03. The van der Waals surface area contributed by atoms with Gasteiger partial charge < -0.3 is 9.88 Å². The van der Waals surface area contributed by atoms with Gasteiger partial charge in [0.25, 0.3) is 0 Å². The van der Waals surface area contributed by atoms with E-state index in [1.807, 2.05) is 13.8 Å². The quantitative estimate of drug-likeness (QED) is 0.837. The van der Waals surface area contributed by atoms with E-state index in [4.69, 9.17) is 0 Å². The van der Waals surface area contributed by atoms with Gasteiger partial charge in [0.2, 0.25) is 5.91 Å². The first-order valence-corrected chi connectivity index (χ1v) is 9.75. The third kappa shape index (κ3) is 4.13. The minimum atomic E-state index is -0.937. The van der Waals surface area contributed by atoms with Crippen molar-refractivity contribution in [1.29, 1.82) is 0 Å². The molecular weight excluding hydrogens is 350 g/mol. The lowest BCUT2D eigenvalue weighted by molar-refractivity contribution is -0.125. The molecule has 1 N–H and O–H groups in total. The number of carbonyl (C=O) groups excluding carboxylic acids is 1. The van der Waals surface area contributed by atoms with Crippen LogP contribution in [0.1, 0.15) is 46.1 Å². The minimum absolute atomic E-state index is 0.0239. The SMILES string of the molecule is CCN1CCCCC1CNC(=O)C(C(C)C)n1cnc2cc(F)c(F)cc21. The van der Waals surface area contributed by atoms with Gasteiger partial charge in [-0.25, -0.2) is 13.8 Å². The van der Waals surface area contributed by atoms with Crippen molar-refractivity contribution in [2.75, 3.05) is 19.6 Å². The molecule has 0 bridgehead atoms. The van der Waals surface area contributed by atoms with Crippen LogP contribution in [0.3, 0.4) is 0 Å². The number of hydrogen-bond donors (Lipinski definition) is 1. The van der Waals surface area contributed by atoms with Crippen molar-refractivity contribution in [2.45, 2.75) is 52.1 Å². The van der Waals surface area contributed by atoms with Crippen molar-refractivity contribution in [1.82, 2.24) is 19.8 Å². The van der Waals surface area contributed by atoms with E-state index in [1.54, 1.807) is 4.57 Å². The molecule has 1 aromatic heterocycles. The van der Waals surface area contributed by atoms with Crippen LogP contribution >= 0.6 is 0 Å². The molecule has 2 aromatic rings. The molecule has 1 amide bonds. The first kappa shape index (κ1) is 19.7. The monoisotopic (exact) mass is 378 g/mol. The number of benzene rings is 1. The van der Waals surface area contributed by atoms with Crippen molar-refractivity contribution < 1.29 is 13.6 Å². The number of nitrogens with one attached hydrogen (secondary N) is 1. The first-order chi connectivity index (χ1) is 12.9. The molecule has 0 spiro atoms. The number of amides is 1. The molecule has 2 atom stereocenters. The number of likely N-dealkylation sites (tertiary alicyclic amines) is 1. The summed E-state index contributed by atoms with van der Waals surface area (Å²) in [7, 11) is 0. The van der Waals surface area contributed by atoms with E-state index in [2.05, 4.69) is 22.1 Å². The summed E-state index contributed by atoms with van der Waals surface area (Å²) < 4.78 is 28.8. The molecule has 0 radical (unpaired) electrons.